The van der Waals surface area contributed by atoms with Crippen LogP contribution in [-0.2, 0) is 4.74 Å². The van der Waals surface area contributed by atoms with Crippen molar-refractivity contribution < 1.29 is 9.53 Å². The Morgan fingerprint density at radius 2 is 2.00 bits per heavy atom. The van der Waals surface area contributed by atoms with Crippen LogP contribution in [-0.4, -0.2) is 64.4 Å². The average Bonchev–Trinajstić information content (AvgIpc) is 3.38. The second-order valence-corrected chi connectivity index (χ2v) is 7.16. The van der Waals surface area contributed by atoms with Gasteiger partial charge in [0.2, 0.25) is 0 Å². The zero-order valence-corrected chi connectivity index (χ0v) is 17.0. The van der Waals surface area contributed by atoms with Gasteiger partial charge in [0.1, 0.15) is 22.7 Å². The van der Waals surface area contributed by atoms with E-state index in [-0.39, 0.29) is 5.91 Å². The molecule has 31 heavy (non-hydrogen) atoms. The maximum absolute atomic E-state index is 11.9. The Hall–Kier alpha value is -3.85. The highest BCUT2D eigenvalue weighted by molar-refractivity contribution is 6.01. The van der Waals surface area contributed by atoms with Crippen LogP contribution >= 0.6 is 0 Å². The smallest absolute Gasteiger partial charge is 0.269 e. The molecule has 0 bridgehead atoms. The number of morpholine rings is 1. The number of H-pyrrole nitrogens is 1. The quantitative estimate of drug-likeness (QED) is 0.526. The number of pyridine rings is 3. The zero-order valence-electron chi connectivity index (χ0n) is 17.0. The minimum absolute atomic E-state index is 0.217. The molecule has 156 valence electrons. The Balaban J connectivity index is 1.70. The van der Waals surface area contributed by atoms with Crippen molar-refractivity contribution in [2.24, 2.45) is 0 Å². The summed E-state index contributed by atoms with van der Waals surface area (Å²) in [4.78, 5) is 28.0. The van der Waals surface area contributed by atoms with Crippen LogP contribution in [0, 0.1) is 0 Å². The summed E-state index contributed by atoms with van der Waals surface area (Å²) < 4.78 is 5.51. The fourth-order valence-electron chi connectivity index (χ4n) is 3.73. The maximum atomic E-state index is 11.9. The molecule has 1 aliphatic rings. The van der Waals surface area contributed by atoms with Crippen LogP contribution in [0.2, 0.25) is 0 Å². The minimum Gasteiger partial charge on any atom is -0.378 e. The largest absolute Gasteiger partial charge is 0.378 e. The number of hydrogen-bond acceptors (Lipinski definition) is 7. The predicted molar refractivity (Wildman–Crippen MR) is 117 cm³/mol. The fraction of sp³-hybridized carbons (Fsp3) is 0.227. The Kier molecular flexibility index (Phi) is 5.01. The summed E-state index contributed by atoms with van der Waals surface area (Å²) >= 11 is 0. The SMILES string of the molecule is CNC(=O)c1ccc(-c2cc(N3CCOCC3)nc3c(-c4ccn[nH]4)nccc23)cn1. The summed E-state index contributed by atoms with van der Waals surface area (Å²) in [6.45, 7) is 2.87. The van der Waals surface area contributed by atoms with Gasteiger partial charge in [-0.15, -0.1) is 0 Å². The van der Waals surface area contributed by atoms with Gasteiger partial charge >= 0.3 is 0 Å². The van der Waals surface area contributed by atoms with Gasteiger partial charge in [-0.05, 0) is 29.8 Å². The highest BCUT2D eigenvalue weighted by Gasteiger charge is 2.19. The third-order valence-electron chi connectivity index (χ3n) is 5.34. The van der Waals surface area contributed by atoms with Crippen LogP contribution in [0.15, 0.2) is 48.9 Å². The van der Waals surface area contributed by atoms with E-state index >= 15 is 0 Å². The lowest BCUT2D eigenvalue weighted by Crippen LogP contribution is -2.36. The molecule has 1 amide bonds. The van der Waals surface area contributed by atoms with E-state index in [0.29, 0.717) is 18.9 Å². The van der Waals surface area contributed by atoms with Crippen LogP contribution in [0.1, 0.15) is 10.5 Å². The van der Waals surface area contributed by atoms with Crippen molar-refractivity contribution in [3.05, 3.63) is 54.6 Å². The van der Waals surface area contributed by atoms with Gasteiger partial charge < -0.3 is 15.0 Å². The first kappa shape index (κ1) is 19.1. The second-order valence-electron chi connectivity index (χ2n) is 7.16. The molecule has 2 N–H and O–H groups in total. The fourth-order valence-corrected chi connectivity index (χ4v) is 3.73. The average molecular weight is 415 g/mol. The number of fused-ring (bicyclic) bond motifs is 1. The third kappa shape index (κ3) is 3.59. The molecule has 0 unspecified atom stereocenters. The number of aromatic amines is 1. The van der Waals surface area contributed by atoms with E-state index in [9.17, 15) is 4.79 Å². The highest BCUT2D eigenvalue weighted by Crippen LogP contribution is 2.34. The van der Waals surface area contributed by atoms with Gasteiger partial charge in [0.05, 0.1) is 18.9 Å². The number of carbonyl (C=O) groups is 1. The van der Waals surface area contributed by atoms with Crippen LogP contribution in [0.3, 0.4) is 0 Å². The summed E-state index contributed by atoms with van der Waals surface area (Å²) in [6.07, 6.45) is 5.19. The van der Waals surface area contributed by atoms with E-state index < -0.39 is 0 Å². The topological polar surface area (TPSA) is 109 Å². The van der Waals surface area contributed by atoms with E-state index in [2.05, 4.69) is 36.4 Å². The first-order valence-corrected chi connectivity index (χ1v) is 10.1. The van der Waals surface area contributed by atoms with Crippen molar-refractivity contribution in [2.75, 3.05) is 38.3 Å². The molecule has 0 atom stereocenters. The third-order valence-corrected chi connectivity index (χ3v) is 5.34. The molecule has 5 rings (SSSR count). The Bertz CT molecular complexity index is 1220. The Morgan fingerprint density at radius 3 is 2.71 bits per heavy atom. The summed E-state index contributed by atoms with van der Waals surface area (Å²) in [5, 5.41) is 10.6. The molecule has 0 radical (unpaired) electrons. The number of aromatic nitrogens is 5. The van der Waals surface area contributed by atoms with Gasteiger partial charge in [-0.1, -0.05) is 6.07 Å². The molecule has 4 aromatic rings. The first-order chi connectivity index (χ1) is 15.2. The van der Waals surface area contributed by atoms with Gasteiger partial charge in [0.15, 0.2) is 0 Å². The van der Waals surface area contributed by atoms with Crippen molar-refractivity contribution in [3.8, 4) is 22.5 Å². The molecule has 1 saturated heterocycles. The van der Waals surface area contributed by atoms with Gasteiger partial charge in [0, 0.05) is 49.7 Å². The lowest BCUT2D eigenvalue weighted by atomic mass is 10.0. The molecule has 9 nitrogen and oxygen atoms in total. The summed E-state index contributed by atoms with van der Waals surface area (Å²) in [7, 11) is 1.59. The monoisotopic (exact) mass is 415 g/mol. The molecule has 5 heterocycles. The van der Waals surface area contributed by atoms with E-state index in [1.807, 2.05) is 18.2 Å². The van der Waals surface area contributed by atoms with Crippen LogP contribution in [0.4, 0.5) is 5.82 Å². The maximum Gasteiger partial charge on any atom is 0.269 e. The standard InChI is InChI=1S/C22H21N7O2/c1-23-22(30)18-3-2-14(13-25-18)16-12-19(29-8-10-31-11-9-29)27-20-15(16)4-6-24-21(20)17-5-7-26-28-17/h2-7,12-13H,8-11H2,1H3,(H,23,30)(H,26,28). The molecule has 4 aromatic heterocycles. The number of anilines is 1. The molecular weight excluding hydrogens is 394 g/mol. The van der Waals surface area contributed by atoms with Crippen LogP contribution < -0.4 is 10.2 Å². The summed E-state index contributed by atoms with van der Waals surface area (Å²) in [5.41, 5.74) is 4.57. The van der Waals surface area contributed by atoms with Gasteiger partial charge in [0.25, 0.3) is 5.91 Å². The molecule has 0 aliphatic carbocycles. The van der Waals surface area contributed by atoms with E-state index in [1.54, 1.807) is 31.7 Å². The van der Waals surface area contributed by atoms with E-state index in [1.165, 1.54) is 0 Å². The zero-order chi connectivity index (χ0) is 21.2. The van der Waals surface area contributed by atoms with Crippen molar-refractivity contribution in [3.63, 3.8) is 0 Å². The molecular formula is C22H21N7O2. The van der Waals surface area contributed by atoms with Crippen molar-refractivity contribution in [1.29, 1.82) is 0 Å². The molecule has 1 fully saturated rings. The number of rotatable bonds is 4. The van der Waals surface area contributed by atoms with E-state index in [4.69, 9.17) is 9.72 Å². The number of nitrogens with zero attached hydrogens (tertiary/aromatic N) is 5. The van der Waals surface area contributed by atoms with Gasteiger partial charge in [-0.2, -0.15) is 5.10 Å². The lowest BCUT2D eigenvalue weighted by molar-refractivity contribution is 0.0958. The summed E-state index contributed by atoms with van der Waals surface area (Å²) in [6, 6.07) is 9.54. The number of amides is 1. The van der Waals surface area contributed by atoms with Crippen LogP contribution in [0.5, 0.6) is 0 Å². The normalized spacial score (nSPS) is 14.0. The Morgan fingerprint density at radius 1 is 1.13 bits per heavy atom. The summed E-state index contributed by atoms with van der Waals surface area (Å²) in [5.74, 6) is 0.640. The van der Waals surface area contributed by atoms with Gasteiger partial charge in [-0.25, -0.2) is 4.98 Å². The molecule has 0 spiro atoms. The van der Waals surface area contributed by atoms with E-state index in [0.717, 1.165) is 52.3 Å². The second kappa shape index (κ2) is 8.11. The minimum atomic E-state index is -0.217. The highest BCUT2D eigenvalue weighted by atomic mass is 16.5. The molecule has 1 aliphatic heterocycles. The number of ether oxygens (including phenoxy) is 1. The number of hydrogen-bond donors (Lipinski definition) is 2. The van der Waals surface area contributed by atoms with Crippen molar-refractivity contribution in [1.82, 2.24) is 30.5 Å². The van der Waals surface area contributed by atoms with Crippen molar-refractivity contribution >= 4 is 22.6 Å². The Labute approximate surface area is 178 Å². The number of carbonyl (C=O) groups excluding carboxylic acids is 1. The van der Waals surface area contributed by atoms with Gasteiger partial charge in [-0.3, -0.25) is 19.9 Å². The number of nitrogens with one attached hydrogen (secondary N) is 2. The molecule has 0 saturated carbocycles. The van der Waals surface area contributed by atoms with Crippen molar-refractivity contribution in [2.45, 2.75) is 0 Å². The molecule has 0 aromatic carbocycles. The predicted octanol–water partition coefficient (Wildman–Crippen LogP) is 2.28. The molecule has 9 heteroatoms. The van der Waals surface area contributed by atoms with Crippen LogP contribution in [0.25, 0.3) is 33.4 Å². The lowest BCUT2D eigenvalue weighted by Gasteiger charge is -2.28. The first-order valence-electron chi connectivity index (χ1n) is 10.1.